The van der Waals surface area contributed by atoms with Gasteiger partial charge in [0.1, 0.15) is 5.69 Å². The summed E-state index contributed by atoms with van der Waals surface area (Å²) in [6.45, 7) is 0.868. The molecule has 1 aromatic rings. The molecule has 1 fully saturated rings. The molecule has 2 heterocycles. The van der Waals surface area contributed by atoms with Gasteiger partial charge in [0.15, 0.2) is 0 Å². The first-order chi connectivity index (χ1) is 7.55. The van der Waals surface area contributed by atoms with Crippen LogP contribution >= 0.6 is 0 Å². The minimum absolute atomic E-state index is 0.212. The number of aromatic nitrogens is 1. The molecule has 16 heavy (non-hydrogen) atoms. The molecule has 1 aromatic heterocycles. The van der Waals surface area contributed by atoms with Crippen molar-refractivity contribution in [2.75, 3.05) is 6.54 Å². The molecule has 2 atom stereocenters. The number of rotatable bonds is 0. The van der Waals surface area contributed by atoms with Gasteiger partial charge in [0, 0.05) is 17.7 Å². The maximum Gasteiger partial charge on any atom is 0.433 e. The quantitative estimate of drug-likeness (QED) is 0.738. The van der Waals surface area contributed by atoms with E-state index < -0.39 is 11.9 Å². The van der Waals surface area contributed by atoms with Crippen LogP contribution in [0.3, 0.4) is 0 Å². The second kappa shape index (κ2) is 3.20. The van der Waals surface area contributed by atoms with Crippen molar-refractivity contribution in [3.05, 3.63) is 29.1 Å². The molecule has 3 rings (SSSR count). The van der Waals surface area contributed by atoms with Crippen LogP contribution in [0.5, 0.6) is 0 Å². The Balaban J connectivity index is 2.07. The van der Waals surface area contributed by atoms with E-state index in [1.54, 1.807) is 6.07 Å². The van der Waals surface area contributed by atoms with Gasteiger partial charge in [-0.1, -0.05) is 6.07 Å². The lowest BCUT2D eigenvalue weighted by molar-refractivity contribution is -0.141. The molecule has 2 nitrogen and oxygen atoms in total. The van der Waals surface area contributed by atoms with Gasteiger partial charge >= 0.3 is 6.18 Å². The van der Waals surface area contributed by atoms with Crippen molar-refractivity contribution in [2.24, 2.45) is 0 Å². The molecule has 5 heteroatoms. The highest BCUT2D eigenvalue weighted by Gasteiger charge is 2.39. The zero-order valence-corrected chi connectivity index (χ0v) is 8.51. The van der Waals surface area contributed by atoms with Crippen LogP contribution in [0.1, 0.15) is 41.8 Å². The third-order valence-corrected chi connectivity index (χ3v) is 3.41. The molecule has 0 spiro atoms. The SMILES string of the molecule is FC(F)(F)c1ccc2c(n1)C1CCNC2C1. The fourth-order valence-corrected chi connectivity index (χ4v) is 2.67. The average Bonchev–Trinajstić information content (AvgIpc) is 2.50. The lowest BCUT2D eigenvalue weighted by Gasteiger charge is -2.19. The number of pyridine rings is 1. The molecule has 1 aliphatic carbocycles. The summed E-state index contributed by atoms with van der Waals surface area (Å²) in [7, 11) is 0. The highest BCUT2D eigenvalue weighted by atomic mass is 19.4. The van der Waals surface area contributed by atoms with Gasteiger partial charge in [-0.2, -0.15) is 13.2 Å². The first-order valence-corrected chi connectivity index (χ1v) is 5.37. The van der Waals surface area contributed by atoms with Gasteiger partial charge in [0.05, 0.1) is 0 Å². The standard InChI is InChI=1S/C11H11F3N2/c12-11(13,14)9-2-1-7-8-5-6(3-4-15-8)10(7)16-9/h1-2,6,8,15H,3-5H2. The maximum absolute atomic E-state index is 12.5. The smallest absolute Gasteiger partial charge is 0.310 e. The summed E-state index contributed by atoms with van der Waals surface area (Å²) in [5.41, 5.74) is 0.846. The molecule has 1 aliphatic heterocycles. The van der Waals surface area contributed by atoms with E-state index in [4.69, 9.17) is 0 Å². The lowest BCUT2D eigenvalue weighted by atomic mass is 9.99. The Hall–Kier alpha value is -1.10. The van der Waals surface area contributed by atoms with Gasteiger partial charge in [0.2, 0.25) is 0 Å². The number of nitrogens with one attached hydrogen (secondary N) is 1. The Morgan fingerprint density at radius 3 is 2.88 bits per heavy atom. The van der Waals surface area contributed by atoms with E-state index in [1.165, 1.54) is 0 Å². The molecule has 1 N–H and O–H groups in total. The Kier molecular flexibility index (Phi) is 2.01. The average molecular weight is 228 g/mol. The van der Waals surface area contributed by atoms with E-state index in [0.717, 1.165) is 31.0 Å². The maximum atomic E-state index is 12.5. The van der Waals surface area contributed by atoms with E-state index in [1.807, 2.05) is 0 Å². The highest BCUT2D eigenvalue weighted by molar-refractivity contribution is 5.36. The van der Waals surface area contributed by atoms with Gasteiger partial charge < -0.3 is 5.32 Å². The molecular formula is C11H11F3N2. The normalized spacial score (nSPS) is 27.9. The largest absolute Gasteiger partial charge is 0.433 e. The van der Waals surface area contributed by atoms with Crippen molar-refractivity contribution in [3.8, 4) is 0 Å². The minimum atomic E-state index is -4.33. The van der Waals surface area contributed by atoms with Crippen LogP contribution in [0.4, 0.5) is 13.2 Å². The molecular weight excluding hydrogens is 217 g/mol. The fourth-order valence-electron chi connectivity index (χ4n) is 2.67. The van der Waals surface area contributed by atoms with Gasteiger partial charge in [-0.15, -0.1) is 0 Å². The molecule has 0 aromatic carbocycles. The van der Waals surface area contributed by atoms with Crippen molar-refractivity contribution in [3.63, 3.8) is 0 Å². The zero-order chi connectivity index (χ0) is 11.3. The number of hydrogen-bond acceptors (Lipinski definition) is 2. The Labute approximate surface area is 90.9 Å². The van der Waals surface area contributed by atoms with Crippen molar-refractivity contribution in [1.29, 1.82) is 0 Å². The van der Waals surface area contributed by atoms with E-state index in [9.17, 15) is 13.2 Å². The molecule has 1 saturated heterocycles. The Morgan fingerprint density at radius 1 is 1.31 bits per heavy atom. The summed E-state index contributed by atoms with van der Waals surface area (Å²) in [5.74, 6) is 0.212. The van der Waals surface area contributed by atoms with Gasteiger partial charge in [-0.3, -0.25) is 0 Å². The summed E-state index contributed by atoms with van der Waals surface area (Å²) in [6.07, 6.45) is -2.55. The van der Waals surface area contributed by atoms with Crippen LogP contribution in [-0.4, -0.2) is 11.5 Å². The second-order valence-electron chi connectivity index (χ2n) is 4.40. The number of hydrogen-bond donors (Lipinski definition) is 1. The third kappa shape index (κ3) is 1.42. The number of piperidine rings is 1. The van der Waals surface area contributed by atoms with Crippen LogP contribution in [0.25, 0.3) is 0 Å². The molecule has 0 saturated carbocycles. The summed E-state index contributed by atoms with van der Waals surface area (Å²) in [6, 6.07) is 2.87. The summed E-state index contributed by atoms with van der Waals surface area (Å²) in [5, 5.41) is 3.30. The molecule has 0 amide bonds. The first kappa shape index (κ1) is 10.1. The predicted octanol–water partition coefficient (Wildman–Crippen LogP) is 2.62. The molecule has 2 bridgehead atoms. The molecule has 2 unspecified atom stereocenters. The molecule has 0 radical (unpaired) electrons. The predicted molar refractivity (Wildman–Crippen MR) is 52.0 cm³/mol. The minimum Gasteiger partial charge on any atom is -0.310 e. The van der Waals surface area contributed by atoms with Crippen molar-refractivity contribution < 1.29 is 13.2 Å². The summed E-state index contributed by atoms with van der Waals surface area (Å²) < 4.78 is 37.6. The van der Waals surface area contributed by atoms with E-state index >= 15 is 0 Å². The van der Waals surface area contributed by atoms with Crippen LogP contribution in [0, 0.1) is 0 Å². The highest BCUT2D eigenvalue weighted by Crippen LogP contribution is 2.44. The second-order valence-corrected chi connectivity index (χ2v) is 4.40. The number of nitrogens with zero attached hydrogens (tertiary/aromatic N) is 1. The summed E-state index contributed by atoms with van der Waals surface area (Å²) in [4.78, 5) is 3.80. The van der Waals surface area contributed by atoms with Crippen molar-refractivity contribution >= 4 is 0 Å². The van der Waals surface area contributed by atoms with Crippen LogP contribution in [0.15, 0.2) is 12.1 Å². The molecule has 2 aliphatic rings. The zero-order valence-electron chi connectivity index (χ0n) is 8.51. The number of fused-ring (bicyclic) bond motifs is 5. The van der Waals surface area contributed by atoms with Crippen LogP contribution in [0.2, 0.25) is 0 Å². The number of halogens is 3. The molecule has 86 valence electrons. The Morgan fingerprint density at radius 2 is 2.12 bits per heavy atom. The Bertz CT molecular complexity index is 428. The topological polar surface area (TPSA) is 24.9 Å². The van der Waals surface area contributed by atoms with Crippen molar-refractivity contribution in [1.82, 2.24) is 10.3 Å². The third-order valence-electron chi connectivity index (χ3n) is 3.41. The van der Waals surface area contributed by atoms with Crippen LogP contribution in [-0.2, 0) is 6.18 Å². The first-order valence-electron chi connectivity index (χ1n) is 5.37. The number of alkyl halides is 3. The summed E-state index contributed by atoms with van der Waals surface area (Å²) >= 11 is 0. The fraction of sp³-hybridized carbons (Fsp3) is 0.545. The van der Waals surface area contributed by atoms with Crippen molar-refractivity contribution in [2.45, 2.75) is 31.0 Å². The van der Waals surface area contributed by atoms with Gasteiger partial charge in [0.25, 0.3) is 0 Å². The van der Waals surface area contributed by atoms with E-state index in [-0.39, 0.29) is 12.0 Å². The lowest BCUT2D eigenvalue weighted by Crippen LogP contribution is -2.24. The van der Waals surface area contributed by atoms with Gasteiger partial charge in [-0.05, 0) is 31.0 Å². The van der Waals surface area contributed by atoms with E-state index in [2.05, 4.69) is 10.3 Å². The van der Waals surface area contributed by atoms with E-state index in [0.29, 0.717) is 5.69 Å². The van der Waals surface area contributed by atoms with Gasteiger partial charge in [-0.25, -0.2) is 4.98 Å². The van der Waals surface area contributed by atoms with Crippen LogP contribution < -0.4 is 5.32 Å². The monoisotopic (exact) mass is 228 g/mol.